The van der Waals surface area contributed by atoms with Crippen LogP contribution in [0.4, 0.5) is 0 Å². The highest BCUT2D eigenvalue weighted by Gasteiger charge is 2.31. The van der Waals surface area contributed by atoms with E-state index < -0.39 is 0 Å². The van der Waals surface area contributed by atoms with Crippen LogP contribution in [0.1, 0.15) is 63.7 Å². The highest BCUT2D eigenvalue weighted by molar-refractivity contribution is 9.11. The predicted octanol–water partition coefficient (Wildman–Crippen LogP) is 5.78. The van der Waals surface area contributed by atoms with Gasteiger partial charge in [-0.15, -0.1) is 11.3 Å². The average Bonchev–Trinajstić information content (AvgIpc) is 2.83. The maximum Gasteiger partial charge on any atom is 0.0701 e. The minimum atomic E-state index is 0.608. The van der Waals surface area contributed by atoms with Crippen molar-refractivity contribution in [2.24, 2.45) is 5.41 Å². The molecule has 0 unspecified atom stereocenters. The van der Waals surface area contributed by atoms with Gasteiger partial charge in [0.1, 0.15) is 0 Å². The quantitative estimate of drug-likeness (QED) is 0.651. The molecule has 1 heterocycles. The monoisotopic (exact) mass is 357 g/mol. The SMILES string of the molecule is CC(C)NCCC1(CCc2ccc(Br)s2)CCCCC1. The fourth-order valence-electron chi connectivity index (χ4n) is 3.43. The molecule has 0 radical (unpaired) electrons. The lowest BCUT2D eigenvalue weighted by Gasteiger charge is -2.38. The lowest BCUT2D eigenvalue weighted by molar-refractivity contribution is 0.156. The molecule has 20 heavy (non-hydrogen) atoms. The Morgan fingerprint density at radius 3 is 2.55 bits per heavy atom. The van der Waals surface area contributed by atoms with Gasteiger partial charge in [0.2, 0.25) is 0 Å². The molecular formula is C17H28BrNS. The first kappa shape index (κ1) is 16.5. The van der Waals surface area contributed by atoms with Crippen molar-refractivity contribution in [1.82, 2.24) is 5.32 Å². The zero-order valence-corrected chi connectivity index (χ0v) is 15.3. The zero-order chi connectivity index (χ0) is 14.4. The summed E-state index contributed by atoms with van der Waals surface area (Å²) in [6, 6.07) is 5.09. The third-order valence-electron chi connectivity index (χ3n) is 4.65. The molecule has 1 aliphatic rings. The van der Waals surface area contributed by atoms with Crippen molar-refractivity contribution in [3.8, 4) is 0 Å². The maximum absolute atomic E-state index is 3.61. The van der Waals surface area contributed by atoms with E-state index in [0.29, 0.717) is 11.5 Å². The fourth-order valence-corrected chi connectivity index (χ4v) is 4.91. The summed E-state index contributed by atoms with van der Waals surface area (Å²) in [5, 5.41) is 3.61. The summed E-state index contributed by atoms with van der Waals surface area (Å²) in [5.41, 5.74) is 0.608. The van der Waals surface area contributed by atoms with E-state index in [1.54, 1.807) is 4.88 Å². The molecule has 2 rings (SSSR count). The van der Waals surface area contributed by atoms with Crippen molar-refractivity contribution in [1.29, 1.82) is 0 Å². The molecule has 1 nitrogen and oxygen atoms in total. The molecule has 1 aromatic heterocycles. The third-order valence-corrected chi connectivity index (χ3v) is 6.34. The molecule has 0 aromatic carbocycles. The normalized spacial score (nSPS) is 18.6. The van der Waals surface area contributed by atoms with Crippen LogP contribution < -0.4 is 5.32 Å². The van der Waals surface area contributed by atoms with E-state index in [1.807, 2.05) is 11.3 Å². The van der Waals surface area contributed by atoms with Gasteiger partial charge >= 0.3 is 0 Å². The summed E-state index contributed by atoms with van der Waals surface area (Å²) >= 11 is 5.48. The minimum absolute atomic E-state index is 0.608. The Kier molecular flexibility index (Phi) is 6.57. The Labute approximate surface area is 136 Å². The van der Waals surface area contributed by atoms with Crippen LogP contribution in [-0.4, -0.2) is 12.6 Å². The molecule has 0 spiro atoms. The average molecular weight is 358 g/mol. The van der Waals surface area contributed by atoms with E-state index in [1.165, 1.54) is 61.7 Å². The van der Waals surface area contributed by atoms with Crippen molar-refractivity contribution < 1.29 is 0 Å². The highest BCUT2D eigenvalue weighted by Crippen LogP contribution is 2.43. The lowest BCUT2D eigenvalue weighted by Crippen LogP contribution is -2.32. The summed E-state index contributed by atoms with van der Waals surface area (Å²) in [7, 11) is 0. The van der Waals surface area contributed by atoms with Crippen LogP contribution >= 0.6 is 27.3 Å². The Morgan fingerprint density at radius 2 is 1.95 bits per heavy atom. The Balaban J connectivity index is 1.88. The Hall–Kier alpha value is 0.140. The van der Waals surface area contributed by atoms with Crippen molar-refractivity contribution in [3.63, 3.8) is 0 Å². The van der Waals surface area contributed by atoms with Gasteiger partial charge in [-0.05, 0) is 72.1 Å². The summed E-state index contributed by atoms with van der Waals surface area (Å²) in [4.78, 5) is 1.54. The van der Waals surface area contributed by atoms with Crippen LogP contribution in [0.25, 0.3) is 0 Å². The van der Waals surface area contributed by atoms with Crippen LogP contribution in [0.2, 0.25) is 0 Å². The van der Waals surface area contributed by atoms with E-state index in [-0.39, 0.29) is 0 Å². The molecule has 0 amide bonds. The third kappa shape index (κ3) is 5.16. The van der Waals surface area contributed by atoms with Crippen LogP contribution in [0.3, 0.4) is 0 Å². The summed E-state index contributed by atoms with van der Waals surface area (Å²) < 4.78 is 1.27. The molecular weight excluding hydrogens is 330 g/mol. The van der Waals surface area contributed by atoms with Gasteiger partial charge < -0.3 is 5.32 Å². The number of nitrogens with one attached hydrogen (secondary N) is 1. The van der Waals surface area contributed by atoms with Gasteiger partial charge in [0.25, 0.3) is 0 Å². The molecule has 0 aliphatic heterocycles. The van der Waals surface area contributed by atoms with Crippen LogP contribution in [-0.2, 0) is 6.42 Å². The second-order valence-corrected chi connectivity index (χ2v) is 9.17. The Morgan fingerprint density at radius 1 is 1.20 bits per heavy atom. The van der Waals surface area contributed by atoms with Gasteiger partial charge in [0, 0.05) is 10.9 Å². The zero-order valence-electron chi connectivity index (χ0n) is 12.9. The number of thiophene rings is 1. The van der Waals surface area contributed by atoms with E-state index >= 15 is 0 Å². The molecule has 1 N–H and O–H groups in total. The molecule has 1 saturated carbocycles. The van der Waals surface area contributed by atoms with Crippen molar-refractivity contribution >= 4 is 27.3 Å². The second-order valence-electron chi connectivity index (χ2n) is 6.63. The maximum atomic E-state index is 3.61. The van der Waals surface area contributed by atoms with Crippen molar-refractivity contribution in [2.45, 2.75) is 71.3 Å². The first-order chi connectivity index (χ1) is 9.60. The number of halogens is 1. The standard InChI is InChI=1S/C17H28BrNS/c1-14(2)19-13-12-17(9-4-3-5-10-17)11-8-15-6-7-16(18)20-15/h6-7,14,19H,3-5,8-13H2,1-2H3. The molecule has 0 bridgehead atoms. The van der Waals surface area contributed by atoms with Crippen LogP contribution in [0.15, 0.2) is 15.9 Å². The predicted molar refractivity (Wildman–Crippen MR) is 93.6 cm³/mol. The summed E-state index contributed by atoms with van der Waals surface area (Å²) in [6.45, 7) is 5.68. The topological polar surface area (TPSA) is 12.0 Å². The van der Waals surface area contributed by atoms with Gasteiger partial charge in [0.05, 0.1) is 3.79 Å². The van der Waals surface area contributed by atoms with Gasteiger partial charge in [-0.25, -0.2) is 0 Å². The minimum Gasteiger partial charge on any atom is -0.315 e. The number of aryl methyl sites for hydroxylation is 1. The number of rotatable bonds is 7. The van der Waals surface area contributed by atoms with Crippen molar-refractivity contribution in [3.05, 3.63) is 20.8 Å². The largest absolute Gasteiger partial charge is 0.315 e. The van der Waals surface area contributed by atoms with Gasteiger partial charge in [-0.1, -0.05) is 33.1 Å². The molecule has 1 fully saturated rings. The molecule has 1 aromatic rings. The molecule has 0 atom stereocenters. The van der Waals surface area contributed by atoms with E-state index in [2.05, 4.69) is 47.2 Å². The molecule has 0 saturated heterocycles. The molecule has 1 aliphatic carbocycles. The number of hydrogen-bond donors (Lipinski definition) is 1. The van der Waals surface area contributed by atoms with Crippen LogP contribution in [0, 0.1) is 5.41 Å². The Bertz CT molecular complexity index is 393. The van der Waals surface area contributed by atoms with Gasteiger partial charge in [0.15, 0.2) is 0 Å². The fraction of sp³-hybridized carbons (Fsp3) is 0.765. The highest BCUT2D eigenvalue weighted by atomic mass is 79.9. The first-order valence-corrected chi connectivity index (χ1v) is 9.68. The van der Waals surface area contributed by atoms with E-state index in [0.717, 1.165) is 0 Å². The van der Waals surface area contributed by atoms with Gasteiger partial charge in [-0.2, -0.15) is 0 Å². The first-order valence-electron chi connectivity index (χ1n) is 8.07. The smallest absolute Gasteiger partial charge is 0.0701 e. The van der Waals surface area contributed by atoms with E-state index in [9.17, 15) is 0 Å². The number of hydrogen-bond acceptors (Lipinski definition) is 2. The van der Waals surface area contributed by atoms with Crippen molar-refractivity contribution in [2.75, 3.05) is 6.54 Å². The molecule has 114 valence electrons. The lowest BCUT2D eigenvalue weighted by atomic mass is 9.69. The van der Waals surface area contributed by atoms with E-state index in [4.69, 9.17) is 0 Å². The summed E-state index contributed by atoms with van der Waals surface area (Å²) in [5.74, 6) is 0. The molecule has 3 heteroatoms. The van der Waals surface area contributed by atoms with Gasteiger partial charge in [-0.3, -0.25) is 0 Å². The van der Waals surface area contributed by atoms with Crippen LogP contribution in [0.5, 0.6) is 0 Å². The summed E-state index contributed by atoms with van der Waals surface area (Å²) in [6.07, 6.45) is 11.2. The second kappa shape index (κ2) is 7.95.